The molecular weight excluding hydrogens is 240 g/mol. The molecule has 1 saturated heterocycles. The van der Waals surface area contributed by atoms with E-state index in [1.807, 2.05) is 31.9 Å². The van der Waals surface area contributed by atoms with Crippen molar-refractivity contribution in [3.8, 4) is 0 Å². The van der Waals surface area contributed by atoms with Crippen molar-refractivity contribution in [3.63, 3.8) is 0 Å². The lowest BCUT2D eigenvalue weighted by Crippen LogP contribution is -2.31. The van der Waals surface area contributed by atoms with Gasteiger partial charge in [0.25, 0.3) is 0 Å². The van der Waals surface area contributed by atoms with Crippen LogP contribution in [0.1, 0.15) is 29.7 Å². The molecule has 0 amide bonds. The van der Waals surface area contributed by atoms with Gasteiger partial charge in [-0.1, -0.05) is 0 Å². The Balaban J connectivity index is 2.28. The zero-order chi connectivity index (χ0) is 14.0. The molecule has 1 aromatic rings. The normalized spacial score (nSPS) is 18.6. The van der Waals surface area contributed by atoms with Crippen LogP contribution in [0.3, 0.4) is 0 Å². The maximum absolute atomic E-state index is 7.75. The third-order valence-electron chi connectivity index (χ3n) is 3.46. The molecule has 0 aromatic carbocycles. The summed E-state index contributed by atoms with van der Waals surface area (Å²) in [4.78, 5) is 6.60. The molecule has 1 aromatic heterocycles. The van der Waals surface area contributed by atoms with Crippen molar-refractivity contribution < 1.29 is 4.74 Å². The summed E-state index contributed by atoms with van der Waals surface area (Å²) in [6, 6.07) is 1.96. The molecule has 104 valence electrons. The first-order valence-electron chi connectivity index (χ1n) is 6.64. The number of anilines is 1. The van der Waals surface area contributed by atoms with E-state index in [0.29, 0.717) is 0 Å². The molecule has 0 aliphatic carbocycles. The Labute approximate surface area is 114 Å². The maximum atomic E-state index is 7.75. The molecule has 19 heavy (non-hydrogen) atoms. The number of nitrogens with zero attached hydrogens (tertiary/aromatic N) is 2. The van der Waals surface area contributed by atoms with E-state index in [2.05, 4.69) is 4.98 Å². The molecule has 1 fully saturated rings. The van der Waals surface area contributed by atoms with Gasteiger partial charge in [0, 0.05) is 25.9 Å². The Bertz CT molecular complexity index is 481. The fourth-order valence-corrected chi connectivity index (χ4v) is 2.61. The number of hydrogen-bond acceptors (Lipinski definition) is 4. The largest absolute Gasteiger partial charge is 0.384 e. The van der Waals surface area contributed by atoms with Crippen molar-refractivity contribution in [3.05, 3.63) is 22.9 Å². The van der Waals surface area contributed by atoms with Crippen molar-refractivity contribution in [1.29, 1.82) is 5.41 Å². The number of nitrogen functional groups attached to an aromatic ring is 1. The number of hydrogen-bond donors (Lipinski definition) is 2. The first-order valence-corrected chi connectivity index (χ1v) is 6.64. The highest BCUT2D eigenvalue weighted by atomic mass is 16.5. The molecule has 1 atom stereocenters. The number of ether oxygens (including phenoxy) is 1. The number of pyridine rings is 1. The van der Waals surface area contributed by atoms with Gasteiger partial charge < -0.3 is 15.4 Å². The third kappa shape index (κ3) is 3.04. The molecule has 2 rings (SSSR count). The number of amidine groups is 1. The highest BCUT2D eigenvalue weighted by Gasteiger charge is 2.21. The Kier molecular flexibility index (Phi) is 4.04. The van der Waals surface area contributed by atoms with Gasteiger partial charge in [0.1, 0.15) is 11.7 Å². The first kappa shape index (κ1) is 13.8. The van der Waals surface area contributed by atoms with E-state index in [-0.39, 0.29) is 11.9 Å². The lowest BCUT2D eigenvalue weighted by molar-refractivity contribution is 0.116. The van der Waals surface area contributed by atoms with Crippen LogP contribution in [0, 0.1) is 19.3 Å². The van der Waals surface area contributed by atoms with Crippen LogP contribution in [0.15, 0.2) is 6.07 Å². The highest BCUT2D eigenvalue weighted by molar-refractivity contribution is 6.01. The number of nitrogens with two attached hydrogens (primary N) is 1. The molecular formula is C14H22N4O. The molecule has 3 N–H and O–H groups in total. The number of aryl methyl sites for hydroxylation is 2. The summed E-state index contributed by atoms with van der Waals surface area (Å²) in [5.41, 5.74) is 8.36. The zero-order valence-electron chi connectivity index (χ0n) is 11.9. The van der Waals surface area contributed by atoms with Crippen molar-refractivity contribution in [2.75, 3.05) is 25.1 Å². The lowest BCUT2D eigenvalue weighted by Gasteiger charge is -2.25. The van der Waals surface area contributed by atoms with E-state index in [0.717, 1.165) is 48.6 Å². The smallest absolute Gasteiger partial charge is 0.139 e. The van der Waals surface area contributed by atoms with E-state index in [1.54, 1.807) is 0 Å². The van der Waals surface area contributed by atoms with Crippen LogP contribution in [-0.4, -0.2) is 37.1 Å². The second-order valence-electron chi connectivity index (χ2n) is 5.21. The van der Waals surface area contributed by atoms with E-state index in [1.165, 1.54) is 0 Å². The Hall–Kier alpha value is -1.62. The van der Waals surface area contributed by atoms with Crippen molar-refractivity contribution in [2.24, 2.45) is 5.73 Å². The number of rotatable bonds is 4. The van der Waals surface area contributed by atoms with Crippen LogP contribution in [0.25, 0.3) is 0 Å². The number of nitrogens with one attached hydrogen (secondary N) is 1. The molecule has 0 radical (unpaired) electrons. The molecule has 2 heterocycles. The first-order chi connectivity index (χ1) is 8.99. The van der Waals surface area contributed by atoms with Gasteiger partial charge in [-0.25, -0.2) is 4.98 Å². The Morgan fingerprint density at radius 1 is 1.58 bits per heavy atom. The molecule has 0 saturated carbocycles. The minimum absolute atomic E-state index is 0.0687. The molecule has 1 aliphatic rings. The lowest BCUT2D eigenvalue weighted by atomic mass is 10.1. The summed E-state index contributed by atoms with van der Waals surface area (Å²) >= 11 is 0. The van der Waals surface area contributed by atoms with E-state index >= 15 is 0 Å². The molecule has 5 heteroatoms. The van der Waals surface area contributed by atoms with Crippen LogP contribution >= 0.6 is 0 Å². The SMILES string of the molecule is Cc1cc(C)c(C(=N)N)c(N(C)CC2CCCO2)n1. The van der Waals surface area contributed by atoms with Crippen LogP contribution in [0.2, 0.25) is 0 Å². The van der Waals surface area contributed by atoms with Gasteiger partial charge in [0.05, 0.1) is 11.7 Å². The van der Waals surface area contributed by atoms with Gasteiger partial charge in [-0.05, 0) is 38.3 Å². The maximum Gasteiger partial charge on any atom is 0.139 e. The predicted octanol–water partition coefficient (Wildman–Crippen LogP) is 1.60. The monoisotopic (exact) mass is 262 g/mol. The standard InChI is InChI=1S/C14H22N4O/c1-9-7-10(2)17-14(12(9)13(15)16)18(3)8-11-5-4-6-19-11/h7,11H,4-6,8H2,1-3H3,(H3,15,16). The predicted molar refractivity (Wildman–Crippen MR) is 77.0 cm³/mol. The van der Waals surface area contributed by atoms with Crippen LogP contribution in [0.5, 0.6) is 0 Å². The van der Waals surface area contributed by atoms with Crippen molar-refractivity contribution in [2.45, 2.75) is 32.8 Å². The van der Waals surface area contributed by atoms with Crippen LogP contribution in [0.4, 0.5) is 5.82 Å². The zero-order valence-corrected chi connectivity index (χ0v) is 11.9. The molecule has 1 unspecified atom stereocenters. The second-order valence-corrected chi connectivity index (χ2v) is 5.21. The Morgan fingerprint density at radius 3 is 2.89 bits per heavy atom. The van der Waals surface area contributed by atoms with Crippen molar-refractivity contribution in [1.82, 2.24) is 4.98 Å². The van der Waals surface area contributed by atoms with Gasteiger partial charge in [-0.15, -0.1) is 0 Å². The van der Waals surface area contributed by atoms with Gasteiger partial charge in [0.15, 0.2) is 0 Å². The van der Waals surface area contributed by atoms with Crippen LogP contribution < -0.4 is 10.6 Å². The molecule has 1 aliphatic heterocycles. The minimum Gasteiger partial charge on any atom is -0.384 e. The second kappa shape index (κ2) is 5.57. The number of likely N-dealkylation sites (N-methyl/N-ethyl adjacent to an activating group) is 1. The minimum atomic E-state index is 0.0687. The third-order valence-corrected chi connectivity index (χ3v) is 3.46. The van der Waals surface area contributed by atoms with Gasteiger partial charge in [-0.3, -0.25) is 5.41 Å². The van der Waals surface area contributed by atoms with Gasteiger partial charge >= 0.3 is 0 Å². The molecule has 0 spiro atoms. The van der Waals surface area contributed by atoms with Crippen molar-refractivity contribution >= 4 is 11.7 Å². The van der Waals surface area contributed by atoms with E-state index < -0.39 is 0 Å². The average molecular weight is 262 g/mol. The van der Waals surface area contributed by atoms with E-state index in [4.69, 9.17) is 15.9 Å². The fourth-order valence-electron chi connectivity index (χ4n) is 2.61. The quantitative estimate of drug-likeness (QED) is 0.638. The average Bonchev–Trinajstić information content (AvgIpc) is 2.79. The summed E-state index contributed by atoms with van der Waals surface area (Å²) in [5, 5.41) is 7.75. The van der Waals surface area contributed by atoms with Gasteiger partial charge in [0.2, 0.25) is 0 Å². The summed E-state index contributed by atoms with van der Waals surface area (Å²) in [6.45, 7) is 5.56. The molecule has 5 nitrogen and oxygen atoms in total. The Morgan fingerprint density at radius 2 is 2.32 bits per heavy atom. The molecule has 0 bridgehead atoms. The number of aromatic nitrogens is 1. The summed E-state index contributed by atoms with van der Waals surface area (Å²) in [5.74, 6) is 0.847. The van der Waals surface area contributed by atoms with Crippen LogP contribution in [-0.2, 0) is 4.74 Å². The topological polar surface area (TPSA) is 75.2 Å². The highest BCUT2D eigenvalue weighted by Crippen LogP contribution is 2.23. The summed E-state index contributed by atoms with van der Waals surface area (Å²) in [6.07, 6.45) is 2.47. The fraction of sp³-hybridized carbons (Fsp3) is 0.571. The van der Waals surface area contributed by atoms with Gasteiger partial charge in [-0.2, -0.15) is 0 Å². The summed E-state index contributed by atoms with van der Waals surface area (Å²) in [7, 11) is 1.98. The van der Waals surface area contributed by atoms with E-state index in [9.17, 15) is 0 Å². The summed E-state index contributed by atoms with van der Waals surface area (Å²) < 4.78 is 5.65.